The van der Waals surface area contributed by atoms with E-state index in [2.05, 4.69) is 5.32 Å². The van der Waals surface area contributed by atoms with Gasteiger partial charge in [0, 0.05) is 30.7 Å². The number of phenolic OH excluding ortho intramolecular Hbond substituents is 1. The third-order valence-corrected chi connectivity index (χ3v) is 5.60. The molecular weight excluding hydrogens is 374 g/mol. The Morgan fingerprint density at radius 2 is 2.17 bits per heavy atom. The second kappa shape index (κ2) is 9.31. The van der Waals surface area contributed by atoms with Crippen LogP contribution in [0.5, 0.6) is 11.5 Å². The van der Waals surface area contributed by atoms with Crippen LogP contribution in [0, 0.1) is 6.92 Å². The van der Waals surface area contributed by atoms with Crippen LogP contribution in [0.25, 0.3) is 0 Å². The second-order valence-electron chi connectivity index (χ2n) is 7.61. The lowest BCUT2D eigenvalue weighted by atomic mass is 9.94. The Hall–Kier alpha value is -2.54. The minimum absolute atomic E-state index is 0.00444. The summed E-state index contributed by atoms with van der Waals surface area (Å²) in [5, 5.41) is 13.6. The Kier molecular flexibility index (Phi) is 6.79. The lowest BCUT2D eigenvalue weighted by Gasteiger charge is -2.15. The number of rotatable bonds is 8. The van der Waals surface area contributed by atoms with E-state index in [1.54, 1.807) is 7.11 Å². The number of aromatic hydroxyl groups is 1. The molecule has 2 aliphatic heterocycles. The number of nitrogens with one attached hydrogen (secondary N) is 1. The van der Waals surface area contributed by atoms with Crippen molar-refractivity contribution >= 4 is 11.9 Å². The highest BCUT2D eigenvalue weighted by Gasteiger charge is 2.31. The number of ether oxygens (including phenoxy) is 3. The van der Waals surface area contributed by atoms with E-state index in [4.69, 9.17) is 14.2 Å². The number of benzene rings is 1. The topological polar surface area (TPSA) is 94.1 Å². The van der Waals surface area contributed by atoms with E-state index in [1.165, 1.54) is 0 Å². The number of hydrogen-bond acceptors (Lipinski definition) is 6. The molecule has 0 saturated carbocycles. The summed E-state index contributed by atoms with van der Waals surface area (Å²) in [7, 11) is 1.55. The highest BCUT2D eigenvalue weighted by atomic mass is 16.5. The molecule has 1 atom stereocenters. The summed E-state index contributed by atoms with van der Waals surface area (Å²) in [4.78, 5) is 24.0. The number of amides is 1. The standard InChI is InChI=1S/C22H29NO6/c1-13(7-9-18(24)23-11-15-5-4-10-28-15)6-8-16-20(25)19-17(12-29-22(19)26)14(2)21(16)27-3/h6,15,25H,4-5,7-12H2,1-3H3,(H,23,24)/t15-/m1/s1. The van der Waals surface area contributed by atoms with Gasteiger partial charge in [0.1, 0.15) is 23.7 Å². The minimum atomic E-state index is -0.506. The number of fused-ring (bicyclic) bond motifs is 1. The average Bonchev–Trinajstić information content (AvgIpc) is 3.36. The van der Waals surface area contributed by atoms with Gasteiger partial charge in [-0.1, -0.05) is 11.6 Å². The zero-order chi connectivity index (χ0) is 21.0. The minimum Gasteiger partial charge on any atom is -0.507 e. The summed E-state index contributed by atoms with van der Waals surface area (Å²) in [6, 6.07) is 0. The van der Waals surface area contributed by atoms with Crippen molar-refractivity contribution in [1.29, 1.82) is 0 Å². The summed E-state index contributed by atoms with van der Waals surface area (Å²) in [5.41, 5.74) is 3.31. The van der Waals surface area contributed by atoms with Gasteiger partial charge in [0.25, 0.3) is 0 Å². The molecule has 0 spiro atoms. The van der Waals surface area contributed by atoms with Crippen LogP contribution >= 0.6 is 0 Å². The van der Waals surface area contributed by atoms with Crippen LogP contribution in [0.15, 0.2) is 11.6 Å². The summed E-state index contributed by atoms with van der Waals surface area (Å²) in [6.45, 7) is 5.30. The largest absolute Gasteiger partial charge is 0.507 e. The maximum Gasteiger partial charge on any atom is 0.342 e. The van der Waals surface area contributed by atoms with Crippen molar-refractivity contribution in [3.8, 4) is 11.5 Å². The van der Waals surface area contributed by atoms with E-state index in [0.717, 1.165) is 30.6 Å². The number of carbonyl (C=O) groups is 2. The molecule has 1 aromatic carbocycles. The average molecular weight is 403 g/mol. The highest BCUT2D eigenvalue weighted by molar-refractivity contribution is 5.98. The number of cyclic esters (lactones) is 1. The molecule has 7 nitrogen and oxygen atoms in total. The van der Waals surface area contributed by atoms with Crippen LogP contribution in [-0.4, -0.2) is 43.3 Å². The quantitative estimate of drug-likeness (QED) is 0.512. The van der Waals surface area contributed by atoms with E-state index in [1.807, 2.05) is 19.9 Å². The first kappa shape index (κ1) is 21.2. The molecule has 0 radical (unpaired) electrons. The first-order valence-electron chi connectivity index (χ1n) is 10.0. The van der Waals surface area contributed by atoms with Gasteiger partial charge in [0.15, 0.2) is 0 Å². The predicted octanol–water partition coefficient (Wildman–Crippen LogP) is 2.94. The monoisotopic (exact) mass is 403 g/mol. The van der Waals surface area contributed by atoms with Crippen LogP contribution in [0.2, 0.25) is 0 Å². The molecule has 1 aromatic rings. The van der Waals surface area contributed by atoms with Crippen LogP contribution in [0.3, 0.4) is 0 Å². The Bertz CT molecular complexity index is 823. The van der Waals surface area contributed by atoms with Crippen LogP contribution in [0.4, 0.5) is 0 Å². The Morgan fingerprint density at radius 1 is 1.38 bits per heavy atom. The summed E-state index contributed by atoms with van der Waals surface area (Å²) in [6.07, 6.45) is 5.56. The van der Waals surface area contributed by atoms with Crippen molar-refractivity contribution < 1.29 is 28.9 Å². The van der Waals surface area contributed by atoms with E-state index >= 15 is 0 Å². The number of allylic oxidation sites excluding steroid dienone is 2. The molecule has 2 heterocycles. The van der Waals surface area contributed by atoms with E-state index in [0.29, 0.717) is 42.7 Å². The smallest absolute Gasteiger partial charge is 0.342 e. The maximum absolute atomic E-state index is 12.0. The number of methoxy groups -OCH3 is 1. The molecule has 29 heavy (non-hydrogen) atoms. The molecule has 0 bridgehead atoms. The summed E-state index contributed by atoms with van der Waals surface area (Å²) >= 11 is 0. The lowest BCUT2D eigenvalue weighted by Crippen LogP contribution is -2.31. The molecule has 2 N–H and O–H groups in total. The molecule has 0 aliphatic carbocycles. The van der Waals surface area contributed by atoms with Gasteiger partial charge in [-0.2, -0.15) is 0 Å². The SMILES string of the molecule is COc1c(C)c2c(c(O)c1CC=C(C)CCC(=O)NC[C@H]1CCCO1)C(=O)OC2. The highest BCUT2D eigenvalue weighted by Crippen LogP contribution is 2.42. The lowest BCUT2D eigenvalue weighted by molar-refractivity contribution is -0.121. The molecule has 158 valence electrons. The molecule has 0 unspecified atom stereocenters. The van der Waals surface area contributed by atoms with Gasteiger partial charge in [-0.3, -0.25) is 4.79 Å². The van der Waals surface area contributed by atoms with Crippen molar-refractivity contribution in [3.05, 3.63) is 33.9 Å². The number of carbonyl (C=O) groups excluding carboxylic acids is 2. The third-order valence-electron chi connectivity index (χ3n) is 5.60. The normalized spacial score (nSPS) is 18.5. The Morgan fingerprint density at radius 3 is 2.86 bits per heavy atom. The fraction of sp³-hybridized carbons (Fsp3) is 0.545. The molecule has 0 aromatic heterocycles. The third kappa shape index (κ3) is 4.72. The van der Waals surface area contributed by atoms with Gasteiger partial charge >= 0.3 is 5.97 Å². The van der Waals surface area contributed by atoms with Crippen LogP contribution in [-0.2, 0) is 27.3 Å². The molecule has 1 amide bonds. The van der Waals surface area contributed by atoms with Gasteiger partial charge < -0.3 is 24.6 Å². The second-order valence-corrected chi connectivity index (χ2v) is 7.61. The van der Waals surface area contributed by atoms with Crippen molar-refractivity contribution in [2.75, 3.05) is 20.3 Å². The van der Waals surface area contributed by atoms with Gasteiger partial charge in [-0.25, -0.2) is 4.79 Å². The van der Waals surface area contributed by atoms with Crippen LogP contribution < -0.4 is 10.1 Å². The van der Waals surface area contributed by atoms with Crippen molar-refractivity contribution in [3.63, 3.8) is 0 Å². The molecular formula is C22H29NO6. The van der Waals surface area contributed by atoms with Crippen molar-refractivity contribution in [2.24, 2.45) is 0 Å². The molecule has 2 aliphatic rings. The van der Waals surface area contributed by atoms with E-state index in [9.17, 15) is 14.7 Å². The van der Waals surface area contributed by atoms with E-state index in [-0.39, 0.29) is 29.9 Å². The number of hydrogen-bond donors (Lipinski definition) is 2. The number of phenols is 1. The zero-order valence-corrected chi connectivity index (χ0v) is 17.3. The summed E-state index contributed by atoms with van der Waals surface area (Å²) < 4.78 is 16.1. The Labute approximate surface area is 171 Å². The maximum atomic E-state index is 12.0. The first-order chi connectivity index (χ1) is 13.9. The zero-order valence-electron chi connectivity index (χ0n) is 17.3. The molecule has 3 rings (SSSR count). The van der Waals surface area contributed by atoms with Crippen molar-refractivity contribution in [2.45, 2.75) is 58.7 Å². The molecule has 7 heteroatoms. The van der Waals surface area contributed by atoms with Crippen molar-refractivity contribution in [1.82, 2.24) is 5.32 Å². The van der Waals surface area contributed by atoms with Gasteiger partial charge in [0.2, 0.25) is 5.91 Å². The van der Waals surface area contributed by atoms with Crippen LogP contribution in [0.1, 0.15) is 59.7 Å². The predicted molar refractivity (Wildman–Crippen MR) is 107 cm³/mol. The summed E-state index contributed by atoms with van der Waals surface area (Å²) in [5.74, 6) is -0.0147. The number of esters is 1. The van der Waals surface area contributed by atoms with Gasteiger partial charge in [0.05, 0.1) is 13.2 Å². The van der Waals surface area contributed by atoms with Gasteiger partial charge in [-0.05, 0) is 45.1 Å². The Balaban J connectivity index is 1.61. The first-order valence-corrected chi connectivity index (χ1v) is 10.0. The fourth-order valence-corrected chi connectivity index (χ4v) is 3.84. The van der Waals surface area contributed by atoms with Gasteiger partial charge in [-0.15, -0.1) is 0 Å². The molecule has 1 saturated heterocycles. The molecule has 1 fully saturated rings. The van der Waals surface area contributed by atoms with E-state index < -0.39 is 5.97 Å². The fourth-order valence-electron chi connectivity index (χ4n) is 3.84.